The molecule has 0 heterocycles. The van der Waals surface area contributed by atoms with E-state index in [1.165, 1.54) is 35.2 Å². The first-order valence-corrected chi connectivity index (χ1v) is 18.6. The zero-order valence-corrected chi connectivity index (χ0v) is 29.8. The van der Waals surface area contributed by atoms with Crippen molar-refractivity contribution in [3.63, 3.8) is 0 Å². The summed E-state index contributed by atoms with van der Waals surface area (Å²) >= 11 is 25.4. The van der Waals surface area contributed by atoms with Gasteiger partial charge in [-0.15, -0.1) is 0 Å². The summed E-state index contributed by atoms with van der Waals surface area (Å²) in [5, 5.41) is 4.29. The van der Waals surface area contributed by atoms with Gasteiger partial charge in [0.05, 0.1) is 10.6 Å². The van der Waals surface area contributed by atoms with Gasteiger partial charge in [0.2, 0.25) is 11.8 Å². The van der Waals surface area contributed by atoms with Gasteiger partial charge in [0.1, 0.15) is 12.6 Å². The van der Waals surface area contributed by atoms with Gasteiger partial charge in [0, 0.05) is 39.1 Å². The molecule has 0 aromatic heterocycles. The summed E-state index contributed by atoms with van der Waals surface area (Å²) in [7, 11) is -4.31. The van der Waals surface area contributed by atoms with E-state index in [-0.39, 0.29) is 45.5 Å². The lowest BCUT2D eigenvalue weighted by molar-refractivity contribution is -0.140. The van der Waals surface area contributed by atoms with Crippen molar-refractivity contribution < 1.29 is 18.0 Å². The summed E-state index contributed by atoms with van der Waals surface area (Å²) in [6, 6.07) is 25.4. The summed E-state index contributed by atoms with van der Waals surface area (Å²) in [4.78, 5) is 30.3. The third kappa shape index (κ3) is 9.24. The average Bonchev–Trinajstić information content (AvgIpc) is 3.06. The van der Waals surface area contributed by atoms with Crippen LogP contribution in [0.2, 0.25) is 20.1 Å². The van der Waals surface area contributed by atoms with Crippen LogP contribution in [0.15, 0.2) is 102 Å². The molecule has 0 spiro atoms. The lowest BCUT2D eigenvalue weighted by Crippen LogP contribution is -2.55. The van der Waals surface area contributed by atoms with E-state index in [1.807, 2.05) is 30.3 Å². The highest BCUT2D eigenvalue weighted by atomic mass is 35.5. The normalized spacial score (nSPS) is 14.2. The molecule has 0 aliphatic heterocycles. The fourth-order valence-electron chi connectivity index (χ4n) is 5.86. The minimum atomic E-state index is -4.31. The minimum absolute atomic E-state index is 0.0239. The Morgan fingerprint density at radius 3 is 2.02 bits per heavy atom. The standard InChI is InChI=1S/C36H35Cl4N3O4S/c37-27-17-16-26(33(40)22-27)23-42(34(18-25-10-4-1-5-11-25)36(45)41-30-12-6-2-7-13-30)35(44)24-43(31-20-28(38)19-29(39)21-31)48(46,47)32-14-8-3-9-15-32/h1,3-5,8-11,14-17,19-22,30,34H,2,6-7,12-13,18,23-24H2,(H,41,45). The molecule has 252 valence electrons. The van der Waals surface area contributed by atoms with Crippen molar-refractivity contribution in [3.05, 3.63) is 128 Å². The van der Waals surface area contributed by atoms with Crippen LogP contribution in [-0.2, 0) is 32.6 Å². The molecule has 0 radical (unpaired) electrons. The monoisotopic (exact) mass is 745 g/mol. The van der Waals surface area contributed by atoms with Crippen LogP contribution in [0.1, 0.15) is 43.2 Å². The number of sulfonamides is 1. The predicted molar refractivity (Wildman–Crippen MR) is 193 cm³/mol. The van der Waals surface area contributed by atoms with Gasteiger partial charge in [-0.3, -0.25) is 13.9 Å². The smallest absolute Gasteiger partial charge is 0.264 e. The largest absolute Gasteiger partial charge is 0.352 e. The molecule has 1 atom stereocenters. The summed E-state index contributed by atoms with van der Waals surface area (Å²) in [5.74, 6) is -0.955. The van der Waals surface area contributed by atoms with Gasteiger partial charge in [0.25, 0.3) is 10.0 Å². The van der Waals surface area contributed by atoms with Crippen LogP contribution in [0.5, 0.6) is 0 Å². The van der Waals surface area contributed by atoms with Crippen molar-refractivity contribution in [2.24, 2.45) is 0 Å². The molecule has 0 bridgehead atoms. The highest BCUT2D eigenvalue weighted by Gasteiger charge is 2.36. The molecule has 4 aromatic rings. The van der Waals surface area contributed by atoms with Crippen LogP contribution in [-0.4, -0.2) is 43.8 Å². The number of hydrogen-bond donors (Lipinski definition) is 1. The molecule has 1 aliphatic rings. The Kier molecular flexibility index (Phi) is 12.3. The number of carbonyl (C=O) groups is 2. The molecule has 7 nitrogen and oxygen atoms in total. The predicted octanol–water partition coefficient (Wildman–Crippen LogP) is 8.58. The van der Waals surface area contributed by atoms with E-state index in [2.05, 4.69) is 5.32 Å². The molecule has 0 saturated heterocycles. The maximum atomic E-state index is 14.7. The number of amides is 2. The fourth-order valence-corrected chi connectivity index (χ4v) is 8.27. The molecule has 48 heavy (non-hydrogen) atoms. The number of carbonyl (C=O) groups excluding carboxylic acids is 2. The quantitative estimate of drug-likeness (QED) is 0.157. The van der Waals surface area contributed by atoms with E-state index in [4.69, 9.17) is 46.4 Å². The van der Waals surface area contributed by atoms with Crippen LogP contribution in [0, 0.1) is 0 Å². The highest BCUT2D eigenvalue weighted by Crippen LogP contribution is 2.31. The Hall–Kier alpha value is -3.27. The van der Waals surface area contributed by atoms with Crippen LogP contribution < -0.4 is 9.62 Å². The Morgan fingerprint density at radius 2 is 1.40 bits per heavy atom. The molecule has 2 amide bonds. The lowest BCUT2D eigenvalue weighted by atomic mass is 9.94. The van der Waals surface area contributed by atoms with E-state index in [9.17, 15) is 18.0 Å². The van der Waals surface area contributed by atoms with E-state index in [0.29, 0.717) is 15.6 Å². The second kappa shape index (κ2) is 16.4. The van der Waals surface area contributed by atoms with Gasteiger partial charge in [-0.2, -0.15) is 0 Å². The number of benzene rings is 4. The number of hydrogen-bond acceptors (Lipinski definition) is 4. The second-order valence-electron chi connectivity index (χ2n) is 11.8. The summed E-state index contributed by atoms with van der Waals surface area (Å²) in [6.45, 7) is -0.735. The van der Waals surface area contributed by atoms with Crippen molar-refractivity contribution in [1.82, 2.24) is 10.2 Å². The third-order valence-electron chi connectivity index (χ3n) is 8.32. The van der Waals surface area contributed by atoms with Crippen LogP contribution in [0.4, 0.5) is 5.69 Å². The number of nitrogens with zero attached hydrogens (tertiary/aromatic N) is 2. The van der Waals surface area contributed by atoms with Gasteiger partial charge in [-0.05, 0) is 66.4 Å². The highest BCUT2D eigenvalue weighted by molar-refractivity contribution is 7.92. The number of anilines is 1. The van der Waals surface area contributed by atoms with Crippen LogP contribution in [0.25, 0.3) is 0 Å². The van der Waals surface area contributed by atoms with Crippen molar-refractivity contribution in [3.8, 4) is 0 Å². The molecule has 1 saturated carbocycles. The van der Waals surface area contributed by atoms with E-state index in [0.717, 1.165) is 42.0 Å². The molecular formula is C36H35Cl4N3O4S. The van der Waals surface area contributed by atoms with Crippen molar-refractivity contribution in [1.29, 1.82) is 0 Å². The third-order valence-corrected chi connectivity index (χ3v) is 11.1. The van der Waals surface area contributed by atoms with E-state index < -0.39 is 28.5 Å². The molecule has 1 aliphatic carbocycles. The van der Waals surface area contributed by atoms with Gasteiger partial charge >= 0.3 is 0 Å². The van der Waals surface area contributed by atoms with Crippen molar-refractivity contribution in [2.75, 3.05) is 10.8 Å². The van der Waals surface area contributed by atoms with Crippen LogP contribution in [0.3, 0.4) is 0 Å². The Morgan fingerprint density at radius 1 is 0.771 bits per heavy atom. The Balaban J connectivity index is 1.59. The van der Waals surface area contributed by atoms with Gasteiger partial charge in [-0.1, -0.05) is 120 Å². The topological polar surface area (TPSA) is 86.8 Å². The summed E-state index contributed by atoms with van der Waals surface area (Å²) in [5.41, 5.74) is 1.47. The van der Waals surface area contributed by atoms with Crippen LogP contribution >= 0.6 is 46.4 Å². The minimum Gasteiger partial charge on any atom is -0.352 e. The number of nitrogens with one attached hydrogen (secondary N) is 1. The molecule has 1 N–H and O–H groups in total. The van der Waals surface area contributed by atoms with Crippen molar-refractivity contribution >= 4 is 73.9 Å². The Labute approximate surface area is 301 Å². The molecular weight excluding hydrogens is 712 g/mol. The maximum absolute atomic E-state index is 14.7. The van der Waals surface area contributed by atoms with Gasteiger partial charge in [0.15, 0.2) is 0 Å². The molecule has 4 aromatic carbocycles. The first-order chi connectivity index (χ1) is 23.0. The summed E-state index contributed by atoms with van der Waals surface area (Å²) in [6.07, 6.45) is 5.00. The molecule has 1 unspecified atom stereocenters. The van der Waals surface area contributed by atoms with E-state index in [1.54, 1.807) is 36.4 Å². The molecule has 1 fully saturated rings. The first kappa shape index (κ1) is 36.0. The first-order valence-electron chi connectivity index (χ1n) is 15.6. The number of halogens is 4. The zero-order chi connectivity index (χ0) is 34.3. The van der Waals surface area contributed by atoms with Crippen molar-refractivity contribution in [2.45, 2.75) is 62.0 Å². The Bertz CT molecular complexity index is 1820. The fraction of sp³-hybridized carbons (Fsp3) is 0.278. The second-order valence-corrected chi connectivity index (χ2v) is 15.3. The van der Waals surface area contributed by atoms with Gasteiger partial charge in [-0.25, -0.2) is 8.42 Å². The SMILES string of the molecule is O=C(NC1CCCCC1)C(Cc1ccccc1)N(Cc1ccc(Cl)cc1Cl)C(=O)CN(c1cc(Cl)cc(Cl)c1)S(=O)(=O)c1ccccc1. The van der Waals surface area contributed by atoms with E-state index >= 15 is 0 Å². The summed E-state index contributed by atoms with van der Waals surface area (Å²) < 4.78 is 29.3. The maximum Gasteiger partial charge on any atom is 0.264 e. The number of rotatable bonds is 12. The molecule has 12 heteroatoms. The molecule has 5 rings (SSSR count). The average molecular weight is 748 g/mol. The van der Waals surface area contributed by atoms with Gasteiger partial charge < -0.3 is 10.2 Å². The lowest BCUT2D eigenvalue weighted by Gasteiger charge is -2.35. The zero-order valence-electron chi connectivity index (χ0n) is 26.0.